The summed E-state index contributed by atoms with van der Waals surface area (Å²) in [5, 5.41) is 9.18. The fourth-order valence-electron chi connectivity index (χ4n) is 2.93. The SMILES string of the molecule is CC1CC(N2CCOc3c(C(=O)O)cccc32)C1. The van der Waals surface area contributed by atoms with Crippen LogP contribution in [0.5, 0.6) is 5.75 Å². The molecule has 0 aromatic heterocycles. The second-order valence-electron chi connectivity index (χ2n) is 5.23. The highest BCUT2D eigenvalue weighted by atomic mass is 16.5. The molecule has 1 fully saturated rings. The second-order valence-corrected chi connectivity index (χ2v) is 5.23. The number of nitrogens with zero attached hydrogens (tertiary/aromatic N) is 1. The van der Waals surface area contributed by atoms with Crippen LogP contribution in [0.1, 0.15) is 30.1 Å². The fourth-order valence-corrected chi connectivity index (χ4v) is 2.93. The van der Waals surface area contributed by atoms with Crippen LogP contribution in [0.2, 0.25) is 0 Å². The van der Waals surface area contributed by atoms with Crippen molar-refractivity contribution in [2.75, 3.05) is 18.1 Å². The Morgan fingerprint density at radius 1 is 1.44 bits per heavy atom. The van der Waals surface area contributed by atoms with E-state index in [0.29, 0.717) is 18.4 Å². The third-order valence-electron chi connectivity index (χ3n) is 3.90. The quantitative estimate of drug-likeness (QED) is 0.871. The Morgan fingerprint density at radius 3 is 2.89 bits per heavy atom. The lowest BCUT2D eigenvalue weighted by Gasteiger charge is -2.45. The van der Waals surface area contributed by atoms with E-state index in [4.69, 9.17) is 4.74 Å². The zero-order chi connectivity index (χ0) is 12.7. The van der Waals surface area contributed by atoms with Gasteiger partial charge in [-0.05, 0) is 30.9 Å². The van der Waals surface area contributed by atoms with Gasteiger partial charge in [-0.1, -0.05) is 13.0 Å². The van der Waals surface area contributed by atoms with Gasteiger partial charge in [0.05, 0.1) is 12.2 Å². The van der Waals surface area contributed by atoms with E-state index < -0.39 is 5.97 Å². The van der Waals surface area contributed by atoms with Crippen molar-refractivity contribution >= 4 is 11.7 Å². The number of para-hydroxylation sites is 1. The first-order valence-electron chi connectivity index (χ1n) is 6.42. The van der Waals surface area contributed by atoms with Gasteiger partial charge in [0.2, 0.25) is 0 Å². The molecule has 18 heavy (non-hydrogen) atoms. The Bertz CT molecular complexity index is 480. The first-order chi connectivity index (χ1) is 8.66. The van der Waals surface area contributed by atoms with Gasteiger partial charge in [-0.3, -0.25) is 0 Å². The van der Waals surface area contributed by atoms with Crippen molar-refractivity contribution in [3.63, 3.8) is 0 Å². The molecule has 1 aliphatic carbocycles. The van der Waals surface area contributed by atoms with Gasteiger partial charge < -0.3 is 14.7 Å². The number of aromatic carboxylic acids is 1. The molecule has 1 aliphatic heterocycles. The van der Waals surface area contributed by atoms with E-state index in [1.54, 1.807) is 12.1 Å². The molecule has 0 atom stereocenters. The van der Waals surface area contributed by atoms with Crippen LogP contribution in [0.15, 0.2) is 18.2 Å². The van der Waals surface area contributed by atoms with E-state index in [0.717, 1.165) is 18.2 Å². The van der Waals surface area contributed by atoms with Gasteiger partial charge >= 0.3 is 5.97 Å². The summed E-state index contributed by atoms with van der Waals surface area (Å²) in [4.78, 5) is 13.5. The summed E-state index contributed by atoms with van der Waals surface area (Å²) in [6, 6.07) is 5.91. The normalized spacial score (nSPS) is 25.9. The average Bonchev–Trinajstić information content (AvgIpc) is 2.33. The Balaban J connectivity index is 1.96. The zero-order valence-electron chi connectivity index (χ0n) is 10.4. The number of benzene rings is 1. The maximum absolute atomic E-state index is 11.2. The third-order valence-corrected chi connectivity index (χ3v) is 3.90. The largest absolute Gasteiger partial charge is 0.489 e. The summed E-state index contributed by atoms with van der Waals surface area (Å²) in [5.41, 5.74) is 1.21. The molecule has 0 bridgehead atoms. The summed E-state index contributed by atoms with van der Waals surface area (Å²) in [5.74, 6) is 0.399. The van der Waals surface area contributed by atoms with Crippen molar-refractivity contribution in [1.82, 2.24) is 0 Å². The van der Waals surface area contributed by atoms with E-state index in [9.17, 15) is 9.90 Å². The Kier molecular flexibility index (Phi) is 2.65. The second kappa shape index (κ2) is 4.19. The molecule has 2 aliphatic rings. The van der Waals surface area contributed by atoms with Crippen molar-refractivity contribution in [2.45, 2.75) is 25.8 Å². The lowest BCUT2D eigenvalue weighted by molar-refractivity contribution is 0.0691. The van der Waals surface area contributed by atoms with Gasteiger partial charge in [0, 0.05) is 6.04 Å². The summed E-state index contributed by atoms with van der Waals surface area (Å²) in [7, 11) is 0. The molecule has 1 N–H and O–H groups in total. The topological polar surface area (TPSA) is 49.8 Å². The molecule has 1 saturated carbocycles. The number of hydrogen-bond donors (Lipinski definition) is 1. The van der Waals surface area contributed by atoms with Crippen LogP contribution in [0.4, 0.5) is 5.69 Å². The predicted octanol–water partition coefficient (Wildman–Crippen LogP) is 2.38. The number of carboxylic acid groups (broad SMARTS) is 1. The highest BCUT2D eigenvalue weighted by Gasteiger charge is 2.34. The molecule has 3 rings (SSSR count). The first-order valence-corrected chi connectivity index (χ1v) is 6.42. The minimum atomic E-state index is -0.921. The van der Waals surface area contributed by atoms with E-state index in [1.165, 1.54) is 12.8 Å². The van der Waals surface area contributed by atoms with Crippen LogP contribution in [0.3, 0.4) is 0 Å². The van der Waals surface area contributed by atoms with Crippen LogP contribution in [0, 0.1) is 5.92 Å². The Hall–Kier alpha value is -1.71. The smallest absolute Gasteiger partial charge is 0.339 e. The van der Waals surface area contributed by atoms with Crippen molar-refractivity contribution in [1.29, 1.82) is 0 Å². The summed E-state index contributed by atoms with van der Waals surface area (Å²) < 4.78 is 5.57. The van der Waals surface area contributed by atoms with Gasteiger partial charge in [-0.2, -0.15) is 0 Å². The molecule has 96 valence electrons. The maximum Gasteiger partial charge on any atom is 0.339 e. The molecule has 0 saturated heterocycles. The molecule has 0 amide bonds. The van der Waals surface area contributed by atoms with Gasteiger partial charge in [-0.15, -0.1) is 0 Å². The van der Waals surface area contributed by atoms with E-state index in [-0.39, 0.29) is 5.56 Å². The van der Waals surface area contributed by atoms with Crippen LogP contribution in [0.25, 0.3) is 0 Å². The molecule has 1 aromatic rings. The van der Waals surface area contributed by atoms with Crippen molar-refractivity contribution in [2.24, 2.45) is 5.92 Å². The molecule has 4 nitrogen and oxygen atoms in total. The summed E-state index contributed by atoms with van der Waals surface area (Å²) in [6.07, 6.45) is 2.38. The Morgan fingerprint density at radius 2 is 2.22 bits per heavy atom. The number of carboxylic acids is 1. The predicted molar refractivity (Wildman–Crippen MR) is 68.4 cm³/mol. The molecular formula is C14H17NO3. The number of ether oxygens (including phenoxy) is 1. The minimum absolute atomic E-state index is 0.268. The minimum Gasteiger partial charge on any atom is -0.489 e. The Labute approximate surface area is 106 Å². The van der Waals surface area contributed by atoms with Crippen molar-refractivity contribution in [3.05, 3.63) is 23.8 Å². The molecular weight excluding hydrogens is 230 g/mol. The van der Waals surface area contributed by atoms with Crippen molar-refractivity contribution < 1.29 is 14.6 Å². The third kappa shape index (κ3) is 1.72. The van der Waals surface area contributed by atoms with Crippen LogP contribution in [-0.4, -0.2) is 30.3 Å². The number of fused-ring (bicyclic) bond motifs is 1. The van der Waals surface area contributed by atoms with Crippen LogP contribution < -0.4 is 9.64 Å². The maximum atomic E-state index is 11.2. The number of hydrogen-bond acceptors (Lipinski definition) is 3. The van der Waals surface area contributed by atoms with E-state index in [2.05, 4.69) is 11.8 Å². The lowest BCUT2D eigenvalue weighted by Crippen LogP contribution is -2.47. The van der Waals surface area contributed by atoms with Crippen LogP contribution >= 0.6 is 0 Å². The number of carbonyl (C=O) groups is 1. The molecule has 0 radical (unpaired) electrons. The molecule has 1 aromatic carbocycles. The monoisotopic (exact) mass is 247 g/mol. The number of rotatable bonds is 2. The highest BCUT2D eigenvalue weighted by molar-refractivity contribution is 5.93. The average molecular weight is 247 g/mol. The lowest BCUT2D eigenvalue weighted by atomic mass is 9.80. The zero-order valence-corrected chi connectivity index (χ0v) is 10.4. The van der Waals surface area contributed by atoms with Gasteiger partial charge in [0.1, 0.15) is 12.2 Å². The standard InChI is InChI=1S/C14H17NO3/c1-9-7-10(8-9)15-5-6-18-13-11(14(16)17)3-2-4-12(13)15/h2-4,9-10H,5-8H2,1H3,(H,16,17). The summed E-state index contributed by atoms with van der Waals surface area (Å²) in [6.45, 7) is 3.68. The fraction of sp³-hybridized carbons (Fsp3) is 0.500. The van der Waals surface area contributed by atoms with E-state index >= 15 is 0 Å². The highest BCUT2D eigenvalue weighted by Crippen LogP contribution is 2.41. The molecule has 1 heterocycles. The summed E-state index contributed by atoms with van der Waals surface area (Å²) >= 11 is 0. The first kappa shape index (κ1) is 11.4. The van der Waals surface area contributed by atoms with Crippen molar-refractivity contribution in [3.8, 4) is 5.75 Å². The number of anilines is 1. The van der Waals surface area contributed by atoms with E-state index in [1.807, 2.05) is 6.07 Å². The van der Waals surface area contributed by atoms with Gasteiger partial charge in [0.15, 0.2) is 5.75 Å². The molecule has 0 unspecified atom stereocenters. The molecule has 4 heteroatoms. The van der Waals surface area contributed by atoms with Gasteiger partial charge in [0.25, 0.3) is 0 Å². The van der Waals surface area contributed by atoms with Crippen LogP contribution in [-0.2, 0) is 0 Å². The van der Waals surface area contributed by atoms with Gasteiger partial charge in [-0.25, -0.2) is 4.79 Å². The molecule has 0 spiro atoms.